The minimum absolute atomic E-state index is 0.195. The predicted octanol–water partition coefficient (Wildman–Crippen LogP) is -0.533. The van der Waals surface area contributed by atoms with Crippen molar-refractivity contribution in [2.24, 2.45) is 0 Å². The first-order chi connectivity index (χ1) is 8.29. The van der Waals surface area contributed by atoms with E-state index in [1.54, 1.807) is 17.1 Å². The maximum absolute atomic E-state index is 9.68. The highest BCUT2D eigenvalue weighted by Gasteiger charge is 2.35. The molecule has 0 aliphatic carbocycles. The Morgan fingerprint density at radius 2 is 2.35 bits per heavy atom. The van der Waals surface area contributed by atoms with E-state index in [0.717, 1.165) is 0 Å². The molecule has 1 fully saturated rings. The summed E-state index contributed by atoms with van der Waals surface area (Å²) < 4.78 is 7.28. The van der Waals surface area contributed by atoms with Crippen LogP contribution in [0.4, 0.5) is 0 Å². The molecule has 7 heteroatoms. The maximum Gasteiger partial charge on any atom is 0.165 e. The highest BCUT2D eigenvalue weighted by Crippen LogP contribution is 2.30. The van der Waals surface area contributed by atoms with Crippen LogP contribution in [0.15, 0.2) is 18.9 Å². The number of fused-ring (bicyclic) bond motifs is 1. The number of rotatable bonds is 2. The summed E-state index contributed by atoms with van der Waals surface area (Å²) in [6.45, 7) is -0.195. The van der Waals surface area contributed by atoms with Gasteiger partial charge in [0.05, 0.1) is 25.2 Å². The van der Waals surface area contributed by atoms with Gasteiger partial charge in [-0.15, -0.1) is 0 Å². The molecule has 0 amide bonds. The quantitative estimate of drug-likeness (QED) is 0.729. The normalized spacial score (nSPS) is 28.9. The molecular weight excluding hydrogens is 225 g/mol. The Balaban J connectivity index is 1.95. The van der Waals surface area contributed by atoms with Crippen LogP contribution in [0.5, 0.6) is 0 Å². The number of hydrogen-bond donors (Lipinski definition) is 2. The van der Waals surface area contributed by atoms with Crippen molar-refractivity contribution >= 4 is 11.2 Å². The summed E-state index contributed by atoms with van der Waals surface area (Å²) in [6, 6.07) is 0. The molecule has 3 atom stereocenters. The molecule has 0 saturated carbocycles. The molecule has 3 rings (SSSR count). The number of imidazole rings is 1. The van der Waals surface area contributed by atoms with E-state index >= 15 is 0 Å². The zero-order valence-electron chi connectivity index (χ0n) is 8.97. The molecule has 1 saturated heterocycles. The summed E-state index contributed by atoms with van der Waals surface area (Å²) >= 11 is 0. The molecule has 1 aliphatic heterocycles. The van der Waals surface area contributed by atoms with E-state index in [2.05, 4.69) is 15.0 Å². The van der Waals surface area contributed by atoms with Crippen molar-refractivity contribution in [2.45, 2.75) is 24.9 Å². The lowest BCUT2D eigenvalue weighted by Gasteiger charge is -2.13. The second-order valence-corrected chi connectivity index (χ2v) is 4.00. The van der Waals surface area contributed by atoms with Gasteiger partial charge in [0.25, 0.3) is 0 Å². The molecule has 0 spiro atoms. The minimum atomic E-state index is -0.663. The topological polar surface area (TPSA) is 93.3 Å². The Hall–Kier alpha value is -1.57. The van der Waals surface area contributed by atoms with E-state index in [-0.39, 0.29) is 12.8 Å². The summed E-state index contributed by atoms with van der Waals surface area (Å²) in [5.41, 5.74) is 1.34. The van der Waals surface area contributed by atoms with E-state index in [1.807, 2.05) is 0 Å². The Morgan fingerprint density at radius 3 is 3.12 bits per heavy atom. The lowest BCUT2D eigenvalue weighted by Crippen LogP contribution is -2.24. The number of aliphatic hydroxyl groups excluding tert-OH is 2. The fraction of sp³-hybridized carbons (Fsp3) is 0.500. The van der Waals surface area contributed by atoms with Crippen LogP contribution in [0.3, 0.4) is 0 Å². The first-order valence-electron chi connectivity index (χ1n) is 5.36. The first-order valence-corrected chi connectivity index (χ1v) is 5.36. The number of hydrogen-bond acceptors (Lipinski definition) is 6. The van der Waals surface area contributed by atoms with Crippen LogP contribution >= 0.6 is 0 Å². The standard InChI is InChI=1S/C10H12N4O3/c15-3-8-7(16)1-9(17-8)14-5-13-6-2-11-4-12-10(6)14/h2,4-5,7-9,15-16H,1,3H2/t7-,8+,9+/m0/s1/i5+1. The van der Waals surface area contributed by atoms with Gasteiger partial charge in [0, 0.05) is 6.42 Å². The largest absolute Gasteiger partial charge is 0.394 e. The summed E-state index contributed by atoms with van der Waals surface area (Å²) in [4.78, 5) is 12.2. The molecule has 0 aromatic carbocycles. The van der Waals surface area contributed by atoms with Gasteiger partial charge in [-0.3, -0.25) is 4.57 Å². The fourth-order valence-corrected chi connectivity index (χ4v) is 2.05. The van der Waals surface area contributed by atoms with E-state index in [1.165, 1.54) is 6.33 Å². The predicted molar refractivity (Wildman–Crippen MR) is 56.9 cm³/mol. The lowest BCUT2D eigenvalue weighted by molar-refractivity contribution is -0.0432. The minimum Gasteiger partial charge on any atom is -0.394 e. The van der Waals surface area contributed by atoms with Crippen LogP contribution in [-0.4, -0.2) is 48.5 Å². The van der Waals surface area contributed by atoms with Crippen molar-refractivity contribution in [3.8, 4) is 0 Å². The summed E-state index contributed by atoms with van der Waals surface area (Å²) in [5, 5.41) is 18.7. The van der Waals surface area contributed by atoms with Gasteiger partial charge in [-0.25, -0.2) is 15.0 Å². The molecule has 2 N–H and O–H groups in total. The lowest BCUT2D eigenvalue weighted by atomic mass is 10.2. The van der Waals surface area contributed by atoms with Crippen LogP contribution < -0.4 is 0 Å². The molecule has 7 nitrogen and oxygen atoms in total. The molecule has 0 bridgehead atoms. The molecule has 1 aliphatic rings. The van der Waals surface area contributed by atoms with Gasteiger partial charge in [0.2, 0.25) is 0 Å². The number of ether oxygens (including phenoxy) is 1. The highest BCUT2D eigenvalue weighted by atomic mass is 16.5. The third-order valence-electron chi connectivity index (χ3n) is 2.93. The molecule has 2 aromatic rings. The third kappa shape index (κ3) is 1.68. The second kappa shape index (κ2) is 4.02. The zero-order valence-corrected chi connectivity index (χ0v) is 8.97. The molecule has 0 unspecified atom stereocenters. The SMILES string of the molecule is OC[C@H]1O[C@@H](n2[13cH]nc3cncnc32)C[C@@H]1O. The van der Waals surface area contributed by atoms with Gasteiger partial charge in [-0.05, 0) is 0 Å². The molecule has 17 heavy (non-hydrogen) atoms. The molecule has 0 radical (unpaired) electrons. The Kier molecular flexibility index (Phi) is 2.50. The van der Waals surface area contributed by atoms with E-state index in [0.29, 0.717) is 17.6 Å². The Morgan fingerprint density at radius 1 is 1.47 bits per heavy atom. The average Bonchev–Trinajstić information content (AvgIpc) is 2.92. The Labute approximate surface area is 96.7 Å². The van der Waals surface area contributed by atoms with Gasteiger partial charge in [0.15, 0.2) is 5.65 Å². The summed E-state index contributed by atoms with van der Waals surface area (Å²) in [5.74, 6) is 0. The molecule has 2 aromatic heterocycles. The number of nitrogens with zero attached hydrogens (tertiary/aromatic N) is 4. The Bertz CT molecular complexity index is 529. The van der Waals surface area contributed by atoms with Crippen molar-refractivity contribution in [3.05, 3.63) is 18.9 Å². The summed E-state index contributed by atoms with van der Waals surface area (Å²) in [7, 11) is 0. The number of aliphatic hydroxyl groups is 2. The van der Waals surface area contributed by atoms with Crippen LogP contribution in [0.1, 0.15) is 12.6 Å². The molecular formula is C10H12N4O3. The average molecular weight is 237 g/mol. The first kappa shape index (κ1) is 10.6. The third-order valence-corrected chi connectivity index (χ3v) is 2.93. The van der Waals surface area contributed by atoms with Crippen LogP contribution in [0, 0.1) is 0 Å². The zero-order chi connectivity index (χ0) is 11.8. The second-order valence-electron chi connectivity index (χ2n) is 4.00. The van der Waals surface area contributed by atoms with Crippen molar-refractivity contribution < 1.29 is 14.9 Å². The van der Waals surface area contributed by atoms with E-state index < -0.39 is 12.2 Å². The summed E-state index contributed by atoms with van der Waals surface area (Å²) in [6.07, 6.45) is 3.53. The van der Waals surface area contributed by atoms with Gasteiger partial charge in [-0.2, -0.15) is 0 Å². The fourth-order valence-electron chi connectivity index (χ4n) is 2.05. The van der Waals surface area contributed by atoms with Crippen molar-refractivity contribution in [3.63, 3.8) is 0 Å². The van der Waals surface area contributed by atoms with Crippen molar-refractivity contribution in [1.29, 1.82) is 0 Å². The van der Waals surface area contributed by atoms with E-state index in [9.17, 15) is 5.11 Å². The van der Waals surface area contributed by atoms with Crippen LogP contribution in [0.2, 0.25) is 0 Å². The van der Waals surface area contributed by atoms with Crippen molar-refractivity contribution in [1.82, 2.24) is 19.5 Å². The monoisotopic (exact) mass is 237 g/mol. The van der Waals surface area contributed by atoms with Crippen LogP contribution in [0.25, 0.3) is 11.2 Å². The van der Waals surface area contributed by atoms with E-state index in [4.69, 9.17) is 9.84 Å². The van der Waals surface area contributed by atoms with Crippen LogP contribution in [-0.2, 0) is 4.74 Å². The smallest absolute Gasteiger partial charge is 0.165 e. The van der Waals surface area contributed by atoms with Gasteiger partial charge < -0.3 is 14.9 Å². The van der Waals surface area contributed by atoms with Gasteiger partial charge in [-0.1, -0.05) is 0 Å². The van der Waals surface area contributed by atoms with Gasteiger partial charge >= 0.3 is 0 Å². The van der Waals surface area contributed by atoms with Crippen molar-refractivity contribution in [2.75, 3.05) is 6.61 Å². The van der Waals surface area contributed by atoms with Gasteiger partial charge in [0.1, 0.15) is 24.2 Å². The number of aromatic nitrogens is 4. The highest BCUT2D eigenvalue weighted by molar-refractivity contribution is 5.68. The molecule has 3 heterocycles. The molecule has 90 valence electrons. The maximum atomic E-state index is 9.68.